The van der Waals surface area contributed by atoms with Crippen LogP contribution in [0.25, 0.3) is 0 Å². The summed E-state index contributed by atoms with van der Waals surface area (Å²) in [5.74, 6) is -1.12. The Balaban J connectivity index is 2.82. The number of hydrogen-bond acceptors (Lipinski definition) is 3. The largest absolute Gasteiger partial charge is 0.373 e. The first kappa shape index (κ1) is 14.2. The molecule has 1 aliphatic heterocycles. The molecule has 0 amide bonds. The van der Waals surface area contributed by atoms with E-state index in [2.05, 4.69) is 20.0 Å². The maximum Gasteiger partial charge on any atom is 0.188 e. The van der Waals surface area contributed by atoms with E-state index in [1.165, 1.54) is 0 Å². The van der Waals surface area contributed by atoms with Crippen molar-refractivity contribution in [3.8, 4) is 0 Å². The molecule has 1 rings (SSSR count). The van der Waals surface area contributed by atoms with Gasteiger partial charge in [-0.15, -0.1) is 0 Å². The second-order valence-electron chi connectivity index (χ2n) is 5.18. The van der Waals surface area contributed by atoms with Crippen LogP contribution < -0.4 is 0 Å². The normalized spacial score (nSPS) is 30.4. The Morgan fingerprint density at radius 2 is 2.12 bits per heavy atom. The van der Waals surface area contributed by atoms with E-state index in [4.69, 9.17) is 9.47 Å². The van der Waals surface area contributed by atoms with Crippen LogP contribution in [0, 0.1) is 0 Å². The molecule has 96 valence electrons. The van der Waals surface area contributed by atoms with Crippen molar-refractivity contribution in [2.75, 3.05) is 13.2 Å². The summed E-state index contributed by atoms with van der Waals surface area (Å²) in [5.41, 5.74) is 0. The monoisotopic (exact) mass is 246 g/mol. The fourth-order valence-corrected chi connectivity index (χ4v) is 4.98. The van der Waals surface area contributed by atoms with Gasteiger partial charge < -0.3 is 14.6 Å². The van der Waals surface area contributed by atoms with Crippen LogP contribution in [-0.2, 0) is 9.47 Å². The van der Waals surface area contributed by atoms with Gasteiger partial charge in [0.1, 0.15) is 5.22 Å². The molecule has 1 saturated heterocycles. The molecular formula is C12H26O3Si. The van der Waals surface area contributed by atoms with Crippen LogP contribution in [0.15, 0.2) is 0 Å². The molecule has 0 aliphatic carbocycles. The van der Waals surface area contributed by atoms with Gasteiger partial charge in [-0.2, -0.15) is 0 Å². The molecule has 0 aromatic carbocycles. The number of ether oxygens (including phenoxy) is 2. The van der Waals surface area contributed by atoms with Gasteiger partial charge in [-0.05, 0) is 32.6 Å². The van der Waals surface area contributed by atoms with Crippen molar-refractivity contribution in [3.05, 3.63) is 0 Å². The standard InChI is InChI=1S/C12H26O3Si/c1-5-9-14-11(2,13)12(16(3)4)8-6-7-10-15-12/h13,16H,5-10H2,1-4H3. The van der Waals surface area contributed by atoms with E-state index < -0.39 is 19.8 Å². The highest BCUT2D eigenvalue weighted by Gasteiger charge is 2.52. The van der Waals surface area contributed by atoms with Crippen LogP contribution in [0.3, 0.4) is 0 Å². The van der Waals surface area contributed by atoms with Gasteiger partial charge in [-0.3, -0.25) is 0 Å². The highest BCUT2D eigenvalue weighted by atomic mass is 28.3. The predicted octanol–water partition coefficient (Wildman–Crippen LogP) is 2.09. The van der Waals surface area contributed by atoms with Crippen molar-refractivity contribution in [3.63, 3.8) is 0 Å². The quantitative estimate of drug-likeness (QED) is 0.596. The van der Waals surface area contributed by atoms with Crippen LogP contribution in [0.1, 0.15) is 39.5 Å². The Kier molecular flexibility index (Phi) is 4.98. The first-order chi connectivity index (χ1) is 7.46. The summed E-state index contributed by atoms with van der Waals surface area (Å²) in [6.07, 6.45) is 4.10. The molecule has 4 heteroatoms. The lowest BCUT2D eigenvalue weighted by Crippen LogP contribution is -2.64. The number of aliphatic hydroxyl groups is 1. The molecule has 1 fully saturated rings. The van der Waals surface area contributed by atoms with E-state index in [9.17, 15) is 5.11 Å². The third-order valence-electron chi connectivity index (χ3n) is 3.61. The summed E-state index contributed by atoms with van der Waals surface area (Å²) < 4.78 is 11.6. The minimum Gasteiger partial charge on any atom is -0.373 e. The van der Waals surface area contributed by atoms with Crippen molar-refractivity contribution < 1.29 is 14.6 Å². The van der Waals surface area contributed by atoms with Gasteiger partial charge in [0.2, 0.25) is 0 Å². The van der Waals surface area contributed by atoms with Crippen LogP contribution in [-0.4, -0.2) is 38.1 Å². The lowest BCUT2D eigenvalue weighted by Gasteiger charge is -2.49. The fraction of sp³-hybridized carbons (Fsp3) is 1.00. The van der Waals surface area contributed by atoms with E-state index in [1.54, 1.807) is 6.92 Å². The molecule has 0 radical (unpaired) electrons. The maximum atomic E-state index is 10.6. The molecule has 0 aromatic heterocycles. The van der Waals surface area contributed by atoms with Crippen LogP contribution in [0.5, 0.6) is 0 Å². The minimum atomic E-state index is -1.15. The average molecular weight is 246 g/mol. The summed E-state index contributed by atoms with van der Waals surface area (Å²) in [4.78, 5) is 0. The topological polar surface area (TPSA) is 38.7 Å². The Morgan fingerprint density at radius 1 is 1.44 bits per heavy atom. The molecule has 0 saturated carbocycles. The molecule has 0 bridgehead atoms. The van der Waals surface area contributed by atoms with Crippen LogP contribution in [0.4, 0.5) is 0 Å². The maximum absolute atomic E-state index is 10.6. The Hall–Kier alpha value is 0.0969. The second kappa shape index (κ2) is 5.62. The molecular weight excluding hydrogens is 220 g/mol. The van der Waals surface area contributed by atoms with Crippen LogP contribution in [0.2, 0.25) is 13.1 Å². The molecule has 1 heterocycles. The molecule has 2 atom stereocenters. The molecule has 1 N–H and O–H groups in total. The van der Waals surface area contributed by atoms with Crippen molar-refractivity contribution >= 4 is 8.80 Å². The zero-order valence-corrected chi connectivity index (χ0v) is 12.2. The van der Waals surface area contributed by atoms with E-state index in [-0.39, 0.29) is 0 Å². The van der Waals surface area contributed by atoms with Crippen molar-refractivity contribution in [1.82, 2.24) is 0 Å². The zero-order chi connectivity index (χ0) is 12.2. The van der Waals surface area contributed by atoms with Gasteiger partial charge in [0.25, 0.3) is 0 Å². The van der Waals surface area contributed by atoms with E-state index in [1.807, 2.05) is 0 Å². The van der Waals surface area contributed by atoms with E-state index >= 15 is 0 Å². The highest BCUT2D eigenvalue weighted by Crippen LogP contribution is 2.38. The summed E-state index contributed by atoms with van der Waals surface area (Å²) in [7, 11) is -1.15. The third-order valence-corrected chi connectivity index (χ3v) is 6.46. The minimum absolute atomic E-state index is 0.402. The third kappa shape index (κ3) is 2.67. The number of hydrogen-bond donors (Lipinski definition) is 1. The smallest absolute Gasteiger partial charge is 0.188 e. The Labute approximate surface area is 101 Å². The molecule has 2 unspecified atom stereocenters. The SMILES string of the molecule is CCCOC(C)(O)C1([SiH](C)C)CCCCO1. The lowest BCUT2D eigenvalue weighted by atomic mass is 10.0. The fourth-order valence-electron chi connectivity index (χ4n) is 2.60. The predicted molar refractivity (Wildman–Crippen MR) is 68.3 cm³/mol. The summed E-state index contributed by atoms with van der Waals surface area (Å²) >= 11 is 0. The molecule has 0 aromatic rings. The molecule has 0 spiro atoms. The van der Waals surface area contributed by atoms with E-state index in [0.29, 0.717) is 6.61 Å². The van der Waals surface area contributed by atoms with Gasteiger partial charge in [-0.1, -0.05) is 20.0 Å². The zero-order valence-electron chi connectivity index (χ0n) is 11.1. The Morgan fingerprint density at radius 3 is 2.56 bits per heavy atom. The lowest BCUT2D eigenvalue weighted by molar-refractivity contribution is -0.283. The molecule has 1 aliphatic rings. The van der Waals surface area contributed by atoms with Crippen molar-refractivity contribution in [1.29, 1.82) is 0 Å². The van der Waals surface area contributed by atoms with Gasteiger partial charge in [0, 0.05) is 13.2 Å². The summed E-state index contributed by atoms with van der Waals surface area (Å²) in [6, 6.07) is 0. The van der Waals surface area contributed by atoms with Gasteiger partial charge in [0.05, 0.1) is 8.80 Å². The van der Waals surface area contributed by atoms with Crippen molar-refractivity contribution in [2.45, 2.75) is 63.6 Å². The summed E-state index contributed by atoms with van der Waals surface area (Å²) in [5, 5.41) is 10.2. The van der Waals surface area contributed by atoms with Crippen LogP contribution >= 0.6 is 0 Å². The molecule has 3 nitrogen and oxygen atoms in total. The van der Waals surface area contributed by atoms with Gasteiger partial charge >= 0.3 is 0 Å². The van der Waals surface area contributed by atoms with Gasteiger partial charge in [0.15, 0.2) is 5.79 Å². The first-order valence-electron chi connectivity index (χ1n) is 6.46. The van der Waals surface area contributed by atoms with Crippen molar-refractivity contribution in [2.24, 2.45) is 0 Å². The first-order valence-corrected chi connectivity index (χ1v) is 9.35. The number of rotatable bonds is 5. The Bertz CT molecular complexity index is 210. The van der Waals surface area contributed by atoms with E-state index in [0.717, 1.165) is 32.3 Å². The highest BCUT2D eigenvalue weighted by molar-refractivity contribution is 6.59. The molecule has 16 heavy (non-hydrogen) atoms. The summed E-state index contributed by atoms with van der Waals surface area (Å²) in [6.45, 7) is 9.65. The average Bonchev–Trinajstić information content (AvgIpc) is 2.27. The second-order valence-corrected chi connectivity index (χ2v) is 8.42. The van der Waals surface area contributed by atoms with Gasteiger partial charge in [-0.25, -0.2) is 0 Å².